The van der Waals surface area contributed by atoms with E-state index in [1.54, 1.807) is 18.2 Å². The Balaban J connectivity index is 1.65. The Kier molecular flexibility index (Phi) is 7.26. The predicted octanol–water partition coefficient (Wildman–Crippen LogP) is 1.71. The van der Waals surface area contributed by atoms with Crippen molar-refractivity contribution in [3.05, 3.63) is 53.6 Å². The minimum absolute atomic E-state index is 0.0397. The van der Waals surface area contributed by atoms with E-state index < -0.39 is 11.8 Å². The third-order valence-corrected chi connectivity index (χ3v) is 5.07. The van der Waals surface area contributed by atoms with Gasteiger partial charge in [-0.25, -0.2) is 0 Å². The molecule has 4 N–H and O–H groups in total. The molecule has 30 heavy (non-hydrogen) atoms. The average Bonchev–Trinajstić information content (AvgIpc) is 2.76. The first-order valence-electron chi connectivity index (χ1n) is 9.89. The fourth-order valence-electron chi connectivity index (χ4n) is 3.47. The first kappa shape index (κ1) is 21.6. The Labute approximate surface area is 176 Å². The molecule has 8 nitrogen and oxygen atoms in total. The molecule has 3 rings (SSSR count). The molecule has 0 radical (unpaired) electrons. The summed E-state index contributed by atoms with van der Waals surface area (Å²) in [6.45, 7) is 5.19. The number of ether oxygens (including phenoxy) is 2. The number of nitrogens with one attached hydrogen (secondary N) is 2. The Hall–Kier alpha value is -3.10. The summed E-state index contributed by atoms with van der Waals surface area (Å²) in [4.78, 5) is 27.0. The second-order valence-corrected chi connectivity index (χ2v) is 7.20. The number of methoxy groups -OCH3 is 1. The Morgan fingerprint density at radius 2 is 1.93 bits per heavy atom. The van der Waals surface area contributed by atoms with E-state index in [-0.39, 0.29) is 6.04 Å². The van der Waals surface area contributed by atoms with Crippen molar-refractivity contribution < 1.29 is 19.1 Å². The van der Waals surface area contributed by atoms with Crippen LogP contribution in [0.1, 0.15) is 17.2 Å². The number of aryl methyl sites for hydroxylation is 1. The zero-order chi connectivity index (χ0) is 21.5. The zero-order valence-corrected chi connectivity index (χ0v) is 17.3. The SMILES string of the molecule is COc1cc(NC(=O)C(=O)NCC(c2cccc(C)c2)N2CCOCC2)ccc1N. The van der Waals surface area contributed by atoms with Crippen LogP contribution < -0.4 is 21.1 Å². The first-order valence-corrected chi connectivity index (χ1v) is 9.89. The third-order valence-electron chi connectivity index (χ3n) is 5.07. The topological polar surface area (TPSA) is 106 Å². The standard InChI is InChI=1S/C22H28N4O4/c1-15-4-3-5-16(12-15)19(26-8-10-30-11-9-26)14-24-21(27)22(28)25-17-6-7-18(23)20(13-17)29-2/h3-7,12-13,19H,8-11,14,23H2,1-2H3,(H,24,27)(H,25,28). The van der Waals surface area contributed by atoms with E-state index in [1.807, 2.05) is 25.1 Å². The third kappa shape index (κ3) is 5.49. The fourth-order valence-corrected chi connectivity index (χ4v) is 3.47. The van der Waals surface area contributed by atoms with Crippen LogP contribution in [0.2, 0.25) is 0 Å². The molecule has 0 bridgehead atoms. The highest BCUT2D eigenvalue weighted by atomic mass is 16.5. The summed E-state index contributed by atoms with van der Waals surface area (Å²) in [5.74, 6) is -1.01. The van der Waals surface area contributed by atoms with E-state index in [0.717, 1.165) is 24.2 Å². The normalized spacial score (nSPS) is 15.3. The number of rotatable bonds is 6. The van der Waals surface area contributed by atoms with Gasteiger partial charge in [0.15, 0.2) is 0 Å². The highest BCUT2D eigenvalue weighted by molar-refractivity contribution is 6.39. The number of nitrogen functional groups attached to an aromatic ring is 1. The average molecular weight is 412 g/mol. The number of anilines is 2. The molecule has 1 aliphatic rings. The second-order valence-electron chi connectivity index (χ2n) is 7.20. The van der Waals surface area contributed by atoms with Crippen LogP contribution in [0.4, 0.5) is 11.4 Å². The molecular weight excluding hydrogens is 384 g/mol. The van der Waals surface area contributed by atoms with E-state index in [9.17, 15) is 9.59 Å². The maximum atomic E-state index is 12.4. The van der Waals surface area contributed by atoms with Gasteiger partial charge in [0.2, 0.25) is 0 Å². The van der Waals surface area contributed by atoms with Crippen LogP contribution in [-0.2, 0) is 14.3 Å². The lowest BCUT2D eigenvalue weighted by Gasteiger charge is -2.35. The van der Waals surface area contributed by atoms with Gasteiger partial charge in [-0.15, -0.1) is 0 Å². The van der Waals surface area contributed by atoms with Gasteiger partial charge in [0.25, 0.3) is 0 Å². The van der Waals surface area contributed by atoms with Gasteiger partial charge in [-0.1, -0.05) is 29.8 Å². The maximum absolute atomic E-state index is 12.4. The van der Waals surface area contributed by atoms with Gasteiger partial charge in [-0.3, -0.25) is 14.5 Å². The number of benzene rings is 2. The lowest BCUT2D eigenvalue weighted by atomic mass is 10.0. The quantitative estimate of drug-likeness (QED) is 0.493. The van der Waals surface area contributed by atoms with Crippen LogP contribution in [0.25, 0.3) is 0 Å². The molecule has 1 atom stereocenters. The molecule has 0 aromatic heterocycles. The summed E-state index contributed by atoms with van der Waals surface area (Å²) < 4.78 is 10.6. The Bertz CT molecular complexity index is 896. The summed E-state index contributed by atoms with van der Waals surface area (Å²) in [6.07, 6.45) is 0. The summed E-state index contributed by atoms with van der Waals surface area (Å²) in [6, 6.07) is 12.9. The molecule has 2 amide bonds. The molecule has 2 aromatic carbocycles. The molecule has 1 saturated heterocycles. The van der Waals surface area contributed by atoms with Crippen LogP contribution in [0, 0.1) is 6.92 Å². The monoisotopic (exact) mass is 412 g/mol. The molecule has 1 heterocycles. The number of hydrogen-bond acceptors (Lipinski definition) is 6. The number of nitrogens with two attached hydrogens (primary N) is 1. The zero-order valence-electron chi connectivity index (χ0n) is 17.3. The second kappa shape index (κ2) is 10.1. The van der Waals surface area contributed by atoms with Gasteiger partial charge < -0.3 is 25.8 Å². The number of morpholine rings is 1. The minimum atomic E-state index is -0.744. The van der Waals surface area contributed by atoms with Crippen molar-refractivity contribution in [1.82, 2.24) is 10.2 Å². The van der Waals surface area contributed by atoms with Crippen LogP contribution in [0.3, 0.4) is 0 Å². The molecule has 2 aromatic rings. The smallest absolute Gasteiger partial charge is 0.313 e. The van der Waals surface area contributed by atoms with Crippen molar-refractivity contribution in [2.75, 3.05) is 51.0 Å². The van der Waals surface area contributed by atoms with E-state index in [2.05, 4.69) is 21.6 Å². The number of carbonyl (C=O) groups is 2. The van der Waals surface area contributed by atoms with E-state index in [1.165, 1.54) is 7.11 Å². The van der Waals surface area contributed by atoms with Gasteiger partial charge in [-0.2, -0.15) is 0 Å². The minimum Gasteiger partial charge on any atom is -0.495 e. The van der Waals surface area contributed by atoms with Crippen molar-refractivity contribution in [2.24, 2.45) is 0 Å². The number of carbonyl (C=O) groups excluding carboxylic acids is 2. The van der Waals surface area contributed by atoms with Gasteiger partial charge >= 0.3 is 11.8 Å². The first-order chi connectivity index (χ1) is 14.5. The van der Waals surface area contributed by atoms with Crippen molar-refractivity contribution >= 4 is 23.2 Å². The van der Waals surface area contributed by atoms with Gasteiger partial charge in [0.1, 0.15) is 5.75 Å². The van der Waals surface area contributed by atoms with Gasteiger partial charge in [0.05, 0.1) is 32.1 Å². The lowest BCUT2D eigenvalue weighted by molar-refractivity contribution is -0.136. The summed E-state index contributed by atoms with van der Waals surface area (Å²) in [5, 5.41) is 5.34. The molecule has 1 unspecified atom stereocenters. The summed E-state index contributed by atoms with van der Waals surface area (Å²) in [7, 11) is 1.49. The van der Waals surface area contributed by atoms with Gasteiger partial charge in [-0.05, 0) is 24.6 Å². The predicted molar refractivity (Wildman–Crippen MR) is 115 cm³/mol. The Morgan fingerprint density at radius 1 is 1.17 bits per heavy atom. The molecule has 8 heteroatoms. The number of hydrogen-bond donors (Lipinski definition) is 3. The largest absolute Gasteiger partial charge is 0.495 e. The molecule has 1 fully saturated rings. The van der Waals surface area contributed by atoms with Crippen molar-refractivity contribution in [3.63, 3.8) is 0 Å². The highest BCUT2D eigenvalue weighted by Gasteiger charge is 2.24. The van der Waals surface area contributed by atoms with Gasteiger partial charge in [0, 0.05) is 31.4 Å². The lowest BCUT2D eigenvalue weighted by Crippen LogP contribution is -2.45. The van der Waals surface area contributed by atoms with Crippen LogP contribution in [0.5, 0.6) is 5.75 Å². The molecule has 0 aliphatic carbocycles. The van der Waals surface area contributed by atoms with Crippen molar-refractivity contribution in [3.8, 4) is 5.75 Å². The van der Waals surface area contributed by atoms with E-state index in [4.69, 9.17) is 15.2 Å². The maximum Gasteiger partial charge on any atom is 0.313 e. The van der Waals surface area contributed by atoms with Crippen molar-refractivity contribution in [2.45, 2.75) is 13.0 Å². The summed E-state index contributed by atoms with van der Waals surface area (Å²) in [5.41, 5.74) is 8.91. The van der Waals surface area contributed by atoms with Crippen LogP contribution >= 0.6 is 0 Å². The Morgan fingerprint density at radius 3 is 2.63 bits per heavy atom. The fraction of sp³-hybridized carbons (Fsp3) is 0.364. The van der Waals surface area contributed by atoms with E-state index in [0.29, 0.717) is 36.9 Å². The molecule has 0 saturated carbocycles. The highest BCUT2D eigenvalue weighted by Crippen LogP contribution is 2.25. The number of nitrogens with zero attached hydrogens (tertiary/aromatic N) is 1. The van der Waals surface area contributed by atoms with Crippen LogP contribution in [-0.4, -0.2) is 56.7 Å². The van der Waals surface area contributed by atoms with E-state index >= 15 is 0 Å². The van der Waals surface area contributed by atoms with Crippen LogP contribution in [0.15, 0.2) is 42.5 Å². The molecule has 0 spiro atoms. The molecular formula is C22H28N4O4. The van der Waals surface area contributed by atoms with Crippen molar-refractivity contribution in [1.29, 1.82) is 0 Å². The molecule has 160 valence electrons. The number of amides is 2. The summed E-state index contributed by atoms with van der Waals surface area (Å²) >= 11 is 0. The molecule has 1 aliphatic heterocycles.